The Labute approximate surface area is 229 Å². The van der Waals surface area contributed by atoms with Crippen LogP contribution in [0.15, 0.2) is 18.2 Å². The summed E-state index contributed by atoms with van der Waals surface area (Å²) in [7, 11) is 0. The third-order valence-corrected chi connectivity index (χ3v) is 8.80. The molecule has 0 radical (unpaired) electrons. The number of unbranched alkanes of at least 4 members (excludes halogenated alkanes) is 15. The number of hydrogen-bond donors (Lipinski definition) is 1. The van der Waals surface area contributed by atoms with Crippen LogP contribution >= 0.6 is 0 Å². The van der Waals surface area contributed by atoms with Crippen molar-refractivity contribution in [2.24, 2.45) is 0 Å². The van der Waals surface area contributed by atoms with Crippen molar-refractivity contribution in [3.8, 4) is 0 Å². The van der Waals surface area contributed by atoms with Crippen LogP contribution in [0, 0.1) is 0 Å². The summed E-state index contributed by atoms with van der Waals surface area (Å²) in [4.78, 5) is 12.0. The van der Waals surface area contributed by atoms with Crippen LogP contribution < -0.4 is 0 Å². The number of carbonyl (C=O) groups is 1. The second-order valence-corrected chi connectivity index (χ2v) is 11.7. The summed E-state index contributed by atoms with van der Waals surface area (Å²) in [6.45, 7) is 10.3. The van der Waals surface area contributed by atoms with Crippen molar-refractivity contribution in [2.75, 3.05) is 6.54 Å². The predicted molar refractivity (Wildman–Crippen MR) is 160 cm³/mol. The van der Waals surface area contributed by atoms with Gasteiger partial charge in [-0.2, -0.15) is 4.58 Å². The van der Waals surface area contributed by atoms with Crippen LogP contribution in [-0.4, -0.2) is 27.9 Å². The minimum Gasteiger partial charge on any atom is -0.478 e. The summed E-state index contributed by atoms with van der Waals surface area (Å²) < 4.78 is 2.57. The van der Waals surface area contributed by atoms with Gasteiger partial charge in [0.05, 0.1) is 11.0 Å². The lowest BCUT2D eigenvalue weighted by Crippen LogP contribution is -2.34. The van der Waals surface area contributed by atoms with Gasteiger partial charge in [-0.15, -0.1) is 0 Å². The molecule has 1 aromatic carbocycles. The quantitative estimate of drug-likeness (QED) is 0.124. The fraction of sp³-hybridized carbons (Fsp3) is 0.765. The molecule has 37 heavy (non-hydrogen) atoms. The van der Waals surface area contributed by atoms with Crippen LogP contribution in [0.1, 0.15) is 172 Å². The van der Waals surface area contributed by atoms with Gasteiger partial charge in [-0.05, 0) is 31.4 Å². The normalized spacial score (nSPS) is 17.0. The van der Waals surface area contributed by atoms with Crippen LogP contribution in [0.25, 0.3) is 0 Å². The highest BCUT2D eigenvalue weighted by Crippen LogP contribution is 2.47. The van der Waals surface area contributed by atoms with Crippen molar-refractivity contribution in [1.82, 2.24) is 0 Å². The van der Waals surface area contributed by atoms with E-state index >= 15 is 0 Å². The van der Waals surface area contributed by atoms with Crippen LogP contribution in [-0.2, 0) is 5.41 Å². The van der Waals surface area contributed by atoms with Gasteiger partial charge in [-0.25, -0.2) is 4.79 Å². The number of carboxylic acids is 1. The van der Waals surface area contributed by atoms with E-state index in [1.165, 1.54) is 133 Å². The second kappa shape index (κ2) is 17.8. The minimum atomic E-state index is -0.803. The fourth-order valence-electron chi connectivity index (χ4n) is 6.43. The molecule has 0 saturated heterocycles. The zero-order chi connectivity index (χ0) is 26.9. The fourth-order valence-corrected chi connectivity index (χ4v) is 6.43. The van der Waals surface area contributed by atoms with Crippen molar-refractivity contribution >= 4 is 17.4 Å². The average Bonchev–Trinajstić information content (AvgIpc) is 3.12. The maximum Gasteiger partial charge on any atom is 0.335 e. The molecule has 0 aliphatic carbocycles. The Kier molecular flexibility index (Phi) is 15.2. The number of hydrogen-bond acceptors (Lipinski definition) is 1. The van der Waals surface area contributed by atoms with Crippen LogP contribution in [0.2, 0.25) is 0 Å². The van der Waals surface area contributed by atoms with Gasteiger partial charge in [-0.1, -0.05) is 124 Å². The third kappa shape index (κ3) is 9.56. The van der Waals surface area contributed by atoms with Gasteiger partial charge in [0.25, 0.3) is 0 Å². The van der Waals surface area contributed by atoms with Gasteiger partial charge in [0, 0.05) is 25.0 Å². The van der Waals surface area contributed by atoms with Crippen molar-refractivity contribution in [3.63, 3.8) is 0 Å². The van der Waals surface area contributed by atoms with Gasteiger partial charge in [0.2, 0.25) is 5.69 Å². The topological polar surface area (TPSA) is 40.3 Å². The Hall–Kier alpha value is -1.64. The molecule has 2 rings (SSSR count). The van der Waals surface area contributed by atoms with E-state index in [1.54, 1.807) is 0 Å². The lowest BCUT2D eigenvalue weighted by molar-refractivity contribution is -0.439. The highest BCUT2D eigenvalue weighted by molar-refractivity contribution is 5.96. The van der Waals surface area contributed by atoms with Crippen LogP contribution in [0.4, 0.5) is 5.69 Å². The Bertz CT molecular complexity index is 827. The molecule has 1 aromatic rings. The molecule has 3 nitrogen and oxygen atoms in total. The van der Waals surface area contributed by atoms with E-state index in [0.29, 0.717) is 5.56 Å². The van der Waals surface area contributed by atoms with E-state index in [1.807, 2.05) is 12.1 Å². The van der Waals surface area contributed by atoms with Crippen LogP contribution in [0.5, 0.6) is 0 Å². The number of benzene rings is 1. The Morgan fingerprint density at radius 1 is 0.703 bits per heavy atom. The molecular formula is C34H58NO2+. The summed E-state index contributed by atoms with van der Waals surface area (Å²) in [5.41, 5.74) is 4.51. The molecule has 1 heterocycles. The van der Waals surface area contributed by atoms with Crippen LogP contribution in [0.3, 0.4) is 0 Å². The van der Waals surface area contributed by atoms with Crippen molar-refractivity contribution in [3.05, 3.63) is 29.3 Å². The smallest absolute Gasteiger partial charge is 0.335 e. The minimum absolute atomic E-state index is 0.00147. The molecule has 1 aliphatic heterocycles. The van der Waals surface area contributed by atoms with Gasteiger partial charge in [-0.3, -0.25) is 0 Å². The molecule has 1 N–H and O–H groups in total. The van der Waals surface area contributed by atoms with Gasteiger partial charge >= 0.3 is 5.97 Å². The van der Waals surface area contributed by atoms with Crippen molar-refractivity contribution in [1.29, 1.82) is 0 Å². The number of carboxylic acid groups (broad SMARTS) is 1. The molecule has 1 unspecified atom stereocenters. The van der Waals surface area contributed by atoms with Crippen molar-refractivity contribution in [2.45, 2.75) is 162 Å². The molecule has 3 heteroatoms. The highest BCUT2D eigenvalue weighted by Gasteiger charge is 2.49. The van der Waals surface area contributed by atoms with E-state index in [2.05, 4.69) is 38.3 Å². The van der Waals surface area contributed by atoms with Crippen molar-refractivity contribution < 1.29 is 14.5 Å². The number of fused-ring (bicyclic) bond motifs is 1. The monoisotopic (exact) mass is 512 g/mol. The zero-order valence-corrected chi connectivity index (χ0v) is 24.9. The largest absolute Gasteiger partial charge is 0.478 e. The summed E-state index contributed by atoms with van der Waals surface area (Å²) in [5, 5.41) is 9.83. The number of rotatable bonds is 22. The lowest BCUT2D eigenvalue weighted by atomic mass is 9.70. The molecule has 0 bridgehead atoms. The van der Waals surface area contributed by atoms with Gasteiger partial charge in [0.15, 0.2) is 5.71 Å². The summed E-state index contributed by atoms with van der Waals surface area (Å²) in [6.07, 6.45) is 25.8. The molecule has 0 saturated carbocycles. The maximum atomic E-state index is 12.0. The standard InChI is InChI=1S/C34H57NO2/c1-5-8-11-14-16-17-19-21-26-34(25-20-18-15-12-9-6-2)29(4)35(27-22-13-10-7-3)32-24-23-30(33(36)37)28-31(32)34/h23-24,28H,5-22,25-27H2,1-4H3/p+1. The van der Waals surface area contributed by atoms with E-state index in [9.17, 15) is 9.90 Å². The van der Waals surface area contributed by atoms with Gasteiger partial charge < -0.3 is 5.11 Å². The first kappa shape index (κ1) is 31.6. The average molecular weight is 513 g/mol. The number of aromatic carboxylic acids is 1. The molecule has 0 amide bonds. The highest BCUT2D eigenvalue weighted by atomic mass is 16.4. The van der Waals surface area contributed by atoms with Gasteiger partial charge in [0.1, 0.15) is 6.54 Å². The first-order valence-corrected chi connectivity index (χ1v) is 16.0. The Balaban J connectivity index is 2.24. The first-order valence-electron chi connectivity index (χ1n) is 16.0. The first-order chi connectivity index (χ1) is 18.0. The number of nitrogens with zero attached hydrogens (tertiary/aromatic N) is 1. The molecule has 0 aromatic heterocycles. The summed E-state index contributed by atoms with van der Waals surface area (Å²) in [6, 6.07) is 5.97. The van der Waals surface area contributed by atoms with E-state index in [0.717, 1.165) is 19.4 Å². The zero-order valence-electron chi connectivity index (χ0n) is 24.9. The molecule has 1 atom stereocenters. The molecule has 210 valence electrons. The van der Waals surface area contributed by atoms with E-state index in [-0.39, 0.29) is 5.41 Å². The third-order valence-electron chi connectivity index (χ3n) is 8.80. The summed E-state index contributed by atoms with van der Waals surface area (Å²) >= 11 is 0. The molecule has 1 aliphatic rings. The van der Waals surface area contributed by atoms with E-state index in [4.69, 9.17) is 0 Å². The Morgan fingerprint density at radius 3 is 1.65 bits per heavy atom. The maximum absolute atomic E-state index is 12.0. The predicted octanol–water partition coefficient (Wildman–Crippen LogP) is 10.6. The van der Waals surface area contributed by atoms with E-state index < -0.39 is 5.97 Å². The molecule has 0 fully saturated rings. The lowest BCUT2D eigenvalue weighted by Gasteiger charge is -2.28. The molecular weight excluding hydrogens is 454 g/mol. The SMILES string of the molecule is CCCCCCCCCCC1(CCCCCCCC)C(C)=[N+](CCCCCC)c2ccc(C(=O)O)cc21. The molecule has 0 spiro atoms. The second-order valence-electron chi connectivity index (χ2n) is 11.7. The Morgan fingerprint density at radius 2 is 1.16 bits per heavy atom. The summed E-state index contributed by atoms with van der Waals surface area (Å²) in [5.74, 6) is -0.803.